The second-order valence-corrected chi connectivity index (χ2v) is 5.04. The highest BCUT2D eigenvalue weighted by Gasteiger charge is 2.12. The molecule has 3 heteroatoms. The molecule has 1 aliphatic heterocycles. The third-order valence-electron chi connectivity index (χ3n) is 2.92. The number of rotatable bonds is 6. The molecule has 84 valence electrons. The molecule has 1 fully saturated rings. The molecule has 1 atom stereocenters. The maximum absolute atomic E-state index is 3.66. The van der Waals surface area contributed by atoms with E-state index in [2.05, 4.69) is 35.8 Å². The van der Waals surface area contributed by atoms with E-state index in [1.54, 1.807) is 0 Å². The zero-order valence-electron chi connectivity index (χ0n) is 9.59. The fourth-order valence-electron chi connectivity index (χ4n) is 1.87. The molecule has 0 aromatic heterocycles. The third kappa shape index (κ3) is 4.67. The van der Waals surface area contributed by atoms with Gasteiger partial charge in [0.15, 0.2) is 0 Å². The molecule has 2 nitrogen and oxygen atoms in total. The normalized spacial score (nSPS) is 22.9. The molecule has 0 saturated carbocycles. The standard InChI is InChI=1S/C11H24N2S/c1-3-13(4-2)8-7-12-11-6-5-9-14-10-11/h11-12H,3-10H2,1-2H3/t11-/m0/s1. The van der Waals surface area contributed by atoms with Gasteiger partial charge in [-0.2, -0.15) is 11.8 Å². The van der Waals surface area contributed by atoms with Crippen molar-refractivity contribution in [3.05, 3.63) is 0 Å². The zero-order valence-corrected chi connectivity index (χ0v) is 10.4. The van der Waals surface area contributed by atoms with Crippen molar-refractivity contribution in [2.24, 2.45) is 0 Å². The lowest BCUT2D eigenvalue weighted by Crippen LogP contribution is -2.39. The minimum atomic E-state index is 0.782. The van der Waals surface area contributed by atoms with Crippen LogP contribution in [0.4, 0.5) is 0 Å². The highest BCUT2D eigenvalue weighted by Crippen LogP contribution is 2.16. The average Bonchev–Trinajstić information content (AvgIpc) is 2.26. The molecule has 1 rings (SSSR count). The third-order valence-corrected chi connectivity index (χ3v) is 4.13. The molecule has 1 heterocycles. The highest BCUT2D eigenvalue weighted by molar-refractivity contribution is 7.99. The molecular weight excluding hydrogens is 192 g/mol. The number of nitrogens with zero attached hydrogens (tertiary/aromatic N) is 1. The molecule has 0 aliphatic carbocycles. The molecule has 0 amide bonds. The van der Waals surface area contributed by atoms with Crippen LogP contribution in [0.25, 0.3) is 0 Å². The van der Waals surface area contributed by atoms with Gasteiger partial charge in [-0.3, -0.25) is 0 Å². The lowest BCUT2D eigenvalue weighted by molar-refractivity contribution is 0.296. The second-order valence-electron chi connectivity index (χ2n) is 3.90. The first-order valence-electron chi connectivity index (χ1n) is 5.90. The van der Waals surface area contributed by atoms with Gasteiger partial charge in [-0.05, 0) is 31.7 Å². The lowest BCUT2D eigenvalue weighted by Gasteiger charge is -2.24. The van der Waals surface area contributed by atoms with Crippen molar-refractivity contribution in [3.63, 3.8) is 0 Å². The summed E-state index contributed by atoms with van der Waals surface area (Å²) in [6.07, 6.45) is 2.78. The number of hydrogen-bond acceptors (Lipinski definition) is 3. The molecule has 0 spiro atoms. The Morgan fingerprint density at radius 3 is 2.71 bits per heavy atom. The van der Waals surface area contributed by atoms with Crippen molar-refractivity contribution < 1.29 is 0 Å². The maximum atomic E-state index is 3.66. The first-order chi connectivity index (χ1) is 6.86. The van der Waals surface area contributed by atoms with E-state index < -0.39 is 0 Å². The van der Waals surface area contributed by atoms with Gasteiger partial charge in [-0.1, -0.05) is 13.8 Å². The van der Waals surface area contributed by atoms with Crippen LogP contribution in [-0.4, -0.2) is 48.6 Å². The van der Waals surface area contributed by atoms with E-state index in [9.17, 15) is 0 Å². The number of likely N-dealkylation sites (N-methyl/N-ethyl adjacent to an activating group) is 1. The summed E-state index contributed by atoms with van der Waals surface area (Å²) in [4.78, 5) is 2.48. The molecule has 0 bridgehead atoms. The van der Waals surface area contributed by atoms with E-state index in [0.717, 1.165) is 12.6 Å². The fourth-order valence-corrected chi connectivity index (χ4v) is 2.97. The van der Waals surface area contributed by atoms with Gasteiger partial charge < -0.3 is 10.2 Å². The molecule has 1 saturated heterocycles. The predicted molar refractivity (Wildman–Crippen MR) is 66.1 cm³/mol. The second kappa shape index (κ2) is 7.55. The Hall–Kier alpha value is 0.270. The van der Waals surface area contributed by atoms with E-state index in [4.69, 9.17) is 0 Å². The molecule has 0 radical (unpaired) electrons. The van der Waals surface area contributed by atoms with Gasteiger partial charge in [0.1, 0.15) is 0 Å². The van der Waals surface area contributed by atoms with Gasteiger partial charge in [0, 0.05) is 24.9 Å². The van der Waals surface area contributed by atoms with Crippen LogP contribution in [0.1, 0.15) is 26.7 Å². The number of hydrogen-bond donors (Lipinski definition) is 1. The maximum Gasteiger partial charge on any atom is 0.0159 e. The Bertz CT molecular complexity index is 131. The van der Waals surface area contributed by atoms with Crippen LogP contribution in [0.15, 0.2) is 0 Å². The average molecular weight is 216 g/mol. The molecule has 0 aromatic rings. The number of thioether (sulfide) groups is 1. The predicted octanol–water partition coefficient (Wildman–Crippen LogP) is 1.81. The fraction of sp³-hybridized carbons (Fsp3) is 1.00. The van der Waals surface area contributed by atoms with Crippen molar-refractivity contribution in [1.82, 2.24) is 10.2 Å². The molecule has 1 aliphatic rings. The Morgan fingerprint density at radius 1 is 1.36 bits per heavy atom. The largest absolute Gasteiger partial charge is 0.312 e. The van der Waals surface area contributed by atoms with Crippen molar-refractivity contribution in [3.8, 4) is 0 Å². The Balaban J connectivity index is 2.01. The summed E-state index contributed by atoms with van der Waals surface area (Å²) in [6, 6.07) is 0.782. The van der Waals surface area contributed by atoms with Crippen molar-refractivity contribution in [2.75, 3.05) is 37.7 Å². The Labute approximate surface area is 92.8 Å². The van der Waals surface area contributed by atoms with Crippen molar-refractivity contribution in [2.45, 2.75) is 32.7 Å². The van der Waals surface area contributed by atoms with Crippen LogP contribution in [0.2, 0.25) is 0 Å². The van der Waals surface area contributed by atoms with Crippen LogP contribution in [-0.2, 0) is 0 Å². The van der Waals surface area contributed by atoms with Crippen molar-refractivity contribution >= 4 is 11.8 Å². The zero-order chi connectivity index (χ0) is 10.2. The van der Waals surface area contributed by atoms with Crippen LogP contribution < -0.4 is 5.32 Å². The quantitative estimate of drug-likeness (QED) is 0.729. The summed E-state index contributed by atoms with van der Waals surface area (Å²) in [5.41, 5.74) is 0. The Morgan fingerprint density at radius 2 is 2.14 bits per heavy atom. The minimum Gasteiger partial charge on any atom is -0.312 e. The van der Waals surface area contributed by atoms with Gasteiger partial charge >= 0.3 is 0 Å². The summed E-state index contributed by atoms with van der Waals surface area (Å²) < 4.78 is 0. The summed E-state index contributed by atoms with van der Waals surface area (Å²) in [6.45, 7) is 9.19. The van der Waals surface area contributed by atoms with E-state index >= 15 is 0 Å². The minimum absolute atomic E-state index is 0.782. The van der Waals surface area contributed by atoms with E-state index in [-0.39, 0.29) is 0 Å². The lowest BCUT2D eigenvalue weighted by atomic mass is 10.2. The van der Waals surface area contributed by atoms with Gasteiger partial charge in [-0.15, -0.1) is 0 Å². The first-order valence-corrected chi connectivity index (χ1v) is 7.05. The van der Waals surface area contributed by atoms with E-state index in [0.29, 0.717) is 0 Å². The number of nitrogens with one attached hydrogen (secondary N) is 1. The molecule has 0 unspecified atom stereocenters. The van der Waals surface area contributed by atoms with Crippen LogP contribution in [0, 0.1) is 0 Å². The van der Waals surface area contributed by atoms with E-state index in [1.807, 2.05) is 0 Å². The van der Waals surface area contributed by atoms with Gasteiger partial charge in [0.05, 0.1) is 0 Å². The Kier molecular flexibility index (Phi) is 6.65. The summed E-state index contributed by atoms with van der Waals surface area (Å²) in [7, 11) is 0. The smallest absolute Gasteiger partial charge is 0.0159 e. The molecular formula is C11H24N2S. The summed E-state index contributed by atoms with van der Waals surface area (Å²) >= 11 is 2.10. The highest BCUT2D eigenvalue weighted by atomic mass is 32.2. The van der Waals surface area contributed by atoms with Crippen molar-refractivity contribution in [1.29, 1.82) is 0 Å². The van der Waals surface area contributed by atoms with Gasteiger partial charge in [-0.25, -0.2) is 0 Å². The monoisotopic (exact) mass is 216 g/mol. The SMILES string of the molecule is CCN(CC)CCN[C@H]1CCCSC1. The molecule has 1 N–H and O–H groups in total. The first kappa shape index (κ1) is 12.3. The summed E-state index contributed by atoms with van der Waals surface area (Å²) in [5.74, 6) is 2.69. The van der Waals surface area contributed by atoms with Gasteiger partial charge in [0.25, 0.3) is 0 Å². The summed E-state index contributed by atoms with van der Waals surface area (Å²) in [5, 5.41) is 3.66. The van der Waals surface area contributed by atoms with Crippen LogP contribution >= 0.6 is 11.8 Å². The van der Waals surface area contributed by atoms with Gasteiger partial charge in [0.2, 0.25) is 0 Å². The van der Waals surface area contributed by atoms with Crippen LogP contribution in [0.5, 0.6) is 0 Å². The topological polar surface area (TPSA) is 15.3 Å². The molecule has 14 heavy (non-hydrogen) atoms. The van der Waals surface area contributed by atoms with Crippen LogP contribution in [0.3, 0.4) is 0 Å². The molecule has 0 aromatic carbocycles. The van der Waals surface area contributed by atoms with E-state index in [1.165, 1.54) is 44.0 Å².